The summed E-state index contributed by atoms with van der Waals surface area (Å²) in [6, 6.07) is 0. The van der Waals surface area contributed by atoms with E-state index in [-0.39, 0.29) is 12.8 Å². The molecule has 25 heavy (non-hydrogen) atoms. The van der Waals surface area contributed by atoms with Crippen molar-refractivity contribution in [2.24, 2.45) is 10.8 Å². The van der Waals surface area contributed by atoms with E-state index in [9.17, 15) is 19.5 Å². The van der Waals surface area contributed by atoms with Crippen LogP contribution in [-0.4, -0.2) is 40.2 Å². The highest BCUT2D eigenvalue weighted by atomic mass is 35.5. The molecular weight excluding hydrogens is 344 g/mol. The number of alkyl halides is 1. The molecule has 0 aliphatic heterocycles. The lowest BCUT2D eigenvalue weighted by Gasteiger charge is -2.59. The number of rotatable bonds is 2. The fraction of sp³-hybridized carbons (Fsp3) is 0.632. The van der Waals surface area contributed by atoms with E-state index < -0.39 is 38.8 Å². The first-order valence-electron chi connectivity index (χ1n) is 8.68. The Morgan fingerprint density at radius 3 is 2.64 bits per heavy atom. The van der Waals surface area contributed by atoms with Crippen LogP contribution in [0, 0.1) is 10.8 Å². The SMILES string of the molecule is COC(=O)[C@@]12CC(=O)[C@]3(Cl)C(C)(C=C(C4=CCCCC4)[C@]3(O)C1=O)C2. The molecule has 134 valence electrons. The minimum atomic E-state index is -2.17. The molecule has 3 fully saturated rings. The first kappa shape index (κ1) is 17.0. The highest BCUT2D eigenvalue weighted by Gasteiger charge is 2.84. The number of fused-ring (bicyclic) bond motifs is 1. The van der Waals surface area contributed by atoms with Crippen molar-refractivity contribution in [3.05, 3.63) is 23.3 Å². The van der Waals surface area contributed by atoms with E-state index in [0.29, 0.717) is 5.57 Å². The Hall–Kier alpha value is -1.46. The third-order valence-corrected chi connectivity index (χ3v) is 7.55. The molecule has 5 aliphatic rings. The van der Waals surface area contributed by atoms with Crippen molar-refractivity contribution >= 4 is 29.1 Å². The van der Waals surface area contributed by atoms with Gasteiger partial charge in [-0.1, -0.05) is 19.1 Å². The molecule has 0 amide bonds. The van der Waals surface area contributed by atoms with Gasteiger partial charge in [-0.25, -0.2) is 0 Å². The van der Waals surface area contributed by atoms with Gasteiger partial charge in [-0.15, -0.1) is 11.6 Å². The lowest BCUT2D eigenvalue weighted by Crippen LogP contribution is -2.78. The molecule has 3 saturated carbocycles. The number of carbonyl (C=O) groups is 3. The van der Waals surface area contributed by atoms with Crippen LogP contribution in [0.2, 0.25) is 0 Å². The van der Waals surface area contributed by atoms with Gasteiger partial charge in [0.15, 0.2) is 22.0 Å². The number of carbonyl (C=O) groups excluding carboxylic acids is 3. The topological polar surface area (TPSA) is 80.7 Å². The van der Waals surface area contributed by atoms with Gasteiger partial charge in [0.2, 0.25) is 0 Å². The molecule has 1 N–H and O–H groups in total. The summed E-state index contributed by atoms with van der Waals surface area (Å²) < 4.78 is 4.85. The minimum absolute atomic E-state index is 0.0832. The second kappa shape index (κ2) is 4.83. The fourth-order valence-electron chi connectivity index (χ4n) is 5.53. The van der Waals surface area contributed by atoms with Gasteiger partial charge in [-0.05, 0) is 43.3 Å². The molecule has 1 unspecified atom stereocenters. The molecule has 0 saturated heterocycles. The summed E-state index contributed by atoms with van der Waals surface area (Å²) in [5.41, 5.74) is -3.51. The van der Waals surface area contributed by atoms with Gasteiger partial charge in [0.1, 0.15) is 5.41 Å². The number of hydrogen-bond acceptors (Lipinski definition) is 5. The van der Waals surface area contributed by atoms with E-state index in [0.717, 1.165) is 31.3 Å². The molecule has 0 aromatic heterocycles. The number of esters is 1. The van der Waals surface area contributed by atoms with Crippen LogP contribution in [-0.2, 0) is 19.1 Å². The van der Waals surface area contributed by atoms with Crippen LogP contribution in [0.25, 0.3) is 0 Å². The molecule has 0 heterocycles. The fourth-order valence-corrected chi connectivity index (χ4v) is 5.90. The molecule has 5 nitrogen and oxygen atoms in total. The summed E-state index contributed by atoms with van der Waals surface area (Å²) in [5.74, 6) is -1.91. The predicted molar refractivity (Wildman–Crippen MR) is 90.0 cm³/mol. The standard InChI is InChI=1S/C19H21ClO5/c1-16-8-12(11-6-4-3-5-7-11)18(24)14(22)17(10-16,15(23)25-2)9-13(21)19(16,18)20/h6,8,24H,3-5,7,9-10H2,1-2H3/t16?,17-,18+,19+/m1/s1. The Kier molecular flexibility index (Phi) is 3.28. The number of Topliss-reactive ketones (excluding diaryl/α,β-unsaturated/α-hetero) is 2. The lowest BCUT2D eigenvalue weighted by molar-refractivity contribution is -0.188. The predicted octanol–water partition coefficient (Wildman–Crippen LogP) is 2.25. The van der Waals surface area contributed by atoms with Crippen LogP contribution < -0.4 is 0 Å². The van der Waals surface area contributed by atoms with Crippen molar-refractivity contribution in [3.63, 3.8) is 0 Å². The minimum Gasteiger partial charge on any atom is -0.468 e. The van der Waals surface area contributed by atoms with Crippen LogP contribution in [0.3, 0.4) is 0 Å². The van der Waals surface area contributed by atoms with Crippen molar-refractivity contribution in [1.29, 1.82) is 0 Å². The van der Waals surface area contributed by atoms with E-state index in [1.165, 1.54) is 7.11 Å². The van der Waals surface area contributed by atoms with Gasteiger partial charge in [0.05, 0.1) is 7.11 Å². The molecule has 0 spiro atoms. The number of methoxy groups -OCH3 is 1. The first-order valence-corrected chi connectivity index (χ1v) is 9.06. The van der Waals surface area contributed by atoms with Crippen LogP contribution in [0.4, 0.5) is 0 Å². The van der Waals surface area contributed by atoms with E-state index in [4.69, 9.17) is 16.3 Å². The maximum atomic E-state index is 13.4. The summed E-state index contributed by atoms with van der Waals surface area (Å²) in [6.07, 6.45) is 7.15. The Morgan fingerprint density at radius 1 is 1.32 bits per heavy atom. The third-order valence-electron chi connectivity index (χ3n) is 6.63. The highest BCUT2D eigenvalue weighted by molar-refractivity contribution is 6.44. The van der Waals surface area contributed by atoms with Crippen LogP contribution in [0.1, 0.15) is 45.4 Å². The molecular formula is C19H21ClO5. The van der Waals surface area contributed by atoms with Crippen molar-refractivity contribution < 1.29 is 24.2 Å². The summed E-state index contributed by atoms with van der Waals surface area (Å²) >= 11 is 6.76. The third kappa shape index (κ3) is 1.62. The first-order chi connectivity index (χ1) is 11.7. The van der Waals surface area contributed by atoms with Crippen molar-refractivity contribution in [1.82, 2.24) is 0 Å². The average Bonchev–Trinajstić information content (AvgIpc) is 2.75. The zero-order valence-electron chi connectivity index (χ0n) is 14.4. The second-order valence-electron chi connectivity index (χ2n) is 8.00. The Balaban J connectivity index is 1.97. The molecule has 5 rings (SSSR count). The summed E-state index contributed by atoms with van der Waals surface area (Å²) in [7, 11) is 1.19. The largest absolute Gasteiger partial charge is 0.468 e. The Labute approximate surface area is 151 Å². The molecule has 0 aromatic carbocycles. The molecule has 4 atom stereocenters. The van der Waals surface area contributed by atoms with E-state index in [2.05, 4.69) is 0 Å². The summed E-state index contributed by atoms with van der Waals surface area (Å²) in [6.45, 7) is 1.75. The highest BCUT2D eigenvalue weighted by Crippen LogP contribution is 2.71. The maximum Gasteiger partial charge on any atom is 0.319 e. The molecule has 5 aliphatic carbocycles. The summed E-state index contributed by atoms with van der Waals surface area (Å²) in [4.78, 5) is 37.1. The van der Waals surface area contributed by atoms with Crippen molar-refractivity contribution in [2.45, 2.75) is 55.9 Å². The van der Waals surface area contributed by atoms with Gasteiger partial charge in [-0.3, -0.25) is 14.4 Å². The quantitative estimate of drug-likeness (QED) is 0.461. The monoisotopic (exact) mass is 364 g/mol. The molecule has 0 aromatic rings. The average molecular weight is 365 g/mol. The van der Waals surface area contributed by atoms with Gasteiger partial charge >= 0.3 is 5.97 Å². The van der Waals surface area contributed by atoms with E-state index in [1.54, 1.807) is 13.0 Å². The van der Waals surface area contributed by atoms with Crippen LogP contribution in [0.5, 0.6) is 0 Å². The zero-order chi connectivity index (χ0) is 18.3. The smallest absolute Gasteiger partial charge is 0.319 e. The van der Waals surface area contributed by atoms with Crippen LogP contribution >= 0.6 is 11.6 Å². The van der Waals surface area contributed by atoms with Gasteiger partial charge in [0.25, 0.3) is 0 Å². The van der Waals surface area contributed by atoms with E-state index >= 15 is 0 Å². The molecule has 6 heteroatoms. The zero-order valence-corrected chi connectivity index (χ0v) is 15.1. The number of hydrogen-bond donors (Lipinski definition) is 1. The van der Waals surface area contributed by atoms with Crippen LogP contribution in [0.15, 0.2) is 23.3 Å². The second-order valence-corrected chi connectivity index (χ2v) is 8.57. The Bertz CT molecular complexity index is 783. The number of ether oxygens (including phenoxy) is 1. The van der Waals surface area contributed by atoms with Crippen molar-refractivity contribution in [2.75, 3.05) is 7.11 Å². The molecule has 0 radical (unpaired) electrons. The van der Waals surface area contributed by atoms with Gasteiger partial charge < -0.3 is 9.84 Å². The number of aliphatic hydroxyl groups is 1. The van der Waals surface area contributed by atoms with Gasteiger partial charge in [-0.2, -0.15) is 0 Å². The number of halogens is 1. The van der Waals surface area contributed by atoms with E-state index in [1.807, 2.05) is 6.08 Å². The molecule has 4 bridgehead atoms. The van der Waals surface area contributed by atoms with Gasteiger partial charge in [0, 0.05) is 11.8 Å². The lowest BCUT2D eigenvalue weighted by atomic mass is 9.46. The normalized spacial score (nSPS) is 45.3. The Morgan fingerprint density at radius 2 is 2.04 bits per heavy atom. The summed E-state index contributed by atoms with van der Waals surface area (Å²) in [5, 5.41) is 11.6. The maximum absolute atomic E-state index is 13.4. The van der Waals surface area contributed by atoms with Crippen molar-refractivity contribution in [3.8, 4) is 0 Å². The number of allylic oxidation sites excluding steroid dienone is 2. The number of ketones is 2.